The van der Waals surface area contributed by atoms with E-state index in [4.69, 9.17) is 16.3 Å². The lowest BCUT2D eigenvalue weighted by molar-refractivity contribution is -0.132. The van der Waals surface area contributed by atoms with Gasteiger partial charge >= 0.3 is 0 Å². The normalized spacial score (nSPS) is 14.2. The summed E-state index contributed by atoms with van der Waals surface area (Å²) >= 11 is 6.06. The smallest absolute Gasteiger partial charge is 0.260 e. The van der Waals surface area contributed by atoms with Gasteiger partial charge in [0.05, 0.1) is 23.5 Å². The molecule has 1 unspecified atom stereocenters. The van der Waals surface area contributed by atoms with Crippen molar-refractivity contribution in [1.29, 1.82) is 0 Å². The molecule has 33 heavy (non-hydrogen) atoms. The first-order valence-electron chi connectivity index (χ1n) is 11.2. The number of carbonyl (C=O) groups excluding carboxylic acids is 2. The number of likely N-dealkylation sites (tertiary alicyclic amines) is 1. The number of rotatable bonds is 8. The van der Waals surface area contributed by atoms with Crippen LogP contribution in [-0.4, -0.2) is 46.2 Å². The van der Waals surface area contributed by atoms with Crippen LogP contribution in [0.2, 0.25) is 5.02 Å². The van der Waals surface area contributed by atoms with Crippen LogP contribution in [0.1, 0.15) is 48.1 Å². The maximum absolute atomic E-state index is 13.0. The molecule has 1 fully saturated rings. The van der Waals surface area contributed by atoms with Crippen LogP contribution in [0, 0.1) is 0 Å². The van der Waals surface area contributed by atoms with Gasteiger partial charge in [-0.05, 0) is 43.5 Å². The summed E-state index contributed by atoms with van der Waals surface area (Å²) in [5, 5.41) is 7.95. The van der Waals surface area contributed by atoms with E-state index in [1.54, 1.807) is 23.0 Å². The Morgan fingerprint density at radius 1 is 1.15 bits per heavy atom. The van der Waals surface area contributed by atoms with Gasteiger partial charge < -0.3 is 15.0 Å². The molecule has 0 aliphatic carbocycles. The Kier molecular flexibility index (Phi) is 7.29. The van der Waals surface area contributed by atoms with Crippen LogP contribution in [0.3, 0.4) is 0 Å². The zero-order valence-corrected chi connectivity index (χ0v) is 19.3. The van der Waals surface area contributed by atoms with Crippen LogP contribution in [0.15, 0.2) is 60.9 Å². The number of nitrogens with zero attached hydrogens (tertiary/aromatic N) is 3. The quantitative estimate of drug-likeness (QED) is 0.533. The highest BCUT2D eigenvalue weighted by molar-refractivity contribution is 6.30. The SMILES string of the molecule is CCC(NC(=O)c1cnn(-c2cccc(Cl)c2)c1)c1ccccc1OCC(=O)N1CCCC1. The third-order valence-corrected chi connectivity index (χ3v) is 5.97. The fraction of sp³-hybridized carbons (Fsp3) is 0.320. The molecule has 7 nitrogen and oxygen atoms in total. The molecule has 1 aromatic heterocycles. The Balaban J connectivity index is 1.44. The molecule has 172 valence electrons. The highest BCUT2D eigenvalue weighted by Gasteiger charge is 2.21. The summed E-state index contributed by atoms with van der Waals surface area (Å²) in [5.74, 6) is 0.359. The molecule has 2 aromatic carbocycles. The van der Waals surface area contributed by atoms with Crippen molar-refractivity contribution in [2.45, 2.75) is 32.2 Å². The fourth-order valence-corrected chi connectivity index (χ4v) is 4.12. The molecular weight excluding hydrogens is 440 g/mol. The molecule has 2 heterocycles. The van der Waals surface area contributed by atoms with Crippen molar-refractivity contribution in [2.75, 3.05) is 19.7 Å². The van der Waals surface area contributed by atoms with Crippen molar-refractivity contribution in [1.82, 2.24) is 20.0 Å². The Morgan fingerprint density at radius 2 is 1.94 bits per heavy atom. The van der Waals surface area contributed by atoms with Gasteiger partial charge in [0.1, 0.15) is 5.75 Å². The average molecular weight is 467 g/mol. The van der Waals surface area contributed by atoms with E-state index in [0.717, 1.165) is 37.2 Å². The van der Waals surface area contributed by atoms with Crippen molar-refractivity contribution in [3.63, 3.8) is 0 Å². The Bertz CT molecular complexity index is 1120. The molecule has 2 amide bonds. The van der Waals surface area contributed by atoms with Gasteiger partial charge in [-0.15, -0.1) is 0 Å². The molecule has 1 aliphatic heterocycles. The second kappa shape index (κ2) is 10.5. The molecule has 0 saturated carbocycles. The molecule has 1 aliphatic rings. The minimum absolute atomic E-state index is 0.00615. The number of carbonyl (C=O) groups is 2. The molecule has 4 rings (SSSR count). The molecule has 1 atom stereocenters. The molecule has 3 aromatic rings. The first-order valence-corrected chi connectivity index (χ1v) is 11.5. The highest BCUT2D eigenvalue weighted by Crippen LogP contribution is 2.28. The lowest BCUT2D eigenvalue weighted by Gasteiger charge is -2.21. The van der Waals surface area contributed by atoms with E-state index >= 15 is 0 Å². The minimum atomic E-state index is -0.273. The lowest BCUT2D eigenvalue weighted by Crippen LogP contribution is -2.32. The summed E-state index contributed by atoms with van der Waals surface area (Å²) in [4.78, 5) is 27.2. The summed E-state index contributed by atoms with van der Waals surface area (Å²) in [5.41, 5.74) is 2.05. The maximum Gasteiger partial charge on any atom is 0.260 e. The van der Waals surface area contributed by atoms with Gasteiger partial charge in [-0.3, -0.25) is 9.59 Å². The van der Waals surface area contributed by atoms with Crippen LogP contribution in [-0.2, 0) is 4.79 Å². The predicted octanol–water partition coefficient (Wildman–Crippen LogP) is 4.41. The van der Waals surface area contributed by atoms with Gasteiger partial charge in [-0.2, -0.15) is 5.10 Å². The number of halogens is 1. The summed E-state index contributed by atoms with van der Waals surface area (Å²) in [7, 11) is 0. The van der Waals surface area contributed by atoms with Gasteiger partial charge in [0.15, 0.2) is 6.61 Å². The number of benzene rings is 2. The van der Waals surface area contributed by atoms with Gasteiger partial charge in [0.25, 0.3) is 11.8 Å². The van der Waals surface area contributed by atoms with Crippen LogP contribution in [0.4, 0.5) is 0 Å². The second-order valence-corrected chi connectivity index (χ2v) is 8.44. The third-order valence-electron chi connectivity index (χ3n) is 5.74. The molecular formula is C25H27ClN4O3. The molecule has 0 bridgehead atoms. The minimum Gasteiger partial charge on any atom is -0.483 e. The zero-order chi connectivity index (χ0) is 23.2. The van der Waals surface area contributed by atoms with Gasteiger partial charge in [0, 0.05) is 29.9 Å². The Labute approximate surface area is 198 Å². The van der Waals surface area contributed by atoms with Crippen molar-refractivity contribution in [3.05, 3.63) is 77.1 Å². The van der Waals surface area contributed by atoms with Crippen LogP contribution < -0.4 is 10.1 Å². The van der Waals surface area contributed by atoms with Crippen molar-refractivity contribution in [3.8, 4) is 11.4 Å². The number of ether oxygens (including phenoxy) is 1. The summed E-state index contributed by atoms with van der Waals surface area (Å²) in [6.07, 6.45) is 5.94. The third kappa shape index (κ3) is 5.54. The van der Waals surface area contributed by atoms with Gasteiger partial charge in [-0.1, -0.05) is 42.8 Å². The predicted molar refractivity (Wildman–Crippen MR) is 127 cm³/mol. The van der Waals surface area contributed by atoms with E-state index in [1.807, 2.05) is 48.2 Å². The largest absolute Gasteiger partial charge is 0.483 e. The van der Waals surface area contributed by atoms with Gasteiger partial charge in [-0.25, -0.2) is 4.68 Å². The van der Waals surface area contributed by atoms with Crippen molar-refractivity contribution in [2.24, 2.45) is 0 Å². The molecule has 8 heteroatoms. The van der Waals surface area contributed by atoms with E-state index < -0.39 is 0 Å². The number of para-hydroxylation sites is 1. The average Bonchev–Trinajstić information content (AvgIpc) is 3.54. The van der Waals surface area contributed by atoms with Crippen LogP contribution >= 0.6 is 11.6 Å². The van der Waals surface area contributed by atoms with E-state index in [0.29, 0.717) is 22.8 Å². The first kappa shape index (κ1) is 22.9. The maximum atomic E-state index is 13.0. The van der Waals surface area contributed by atoms with Crippen molar-refractivity contribution < 1.29 is 14.3 Å². The fourth-order valence-electron chi connectivity index (χ4n) is 3.94. The molecule has 0 spiro atoms. The van der Waals surface area contributed by atoms with Gasteiger partial charge in [0.2, 0.25) is 0 Å². The summed E-state index contributed by atoms with van der Waals surface area (Å²) in [6.45, 7) is 3.57. The zero-order valence-electron chi connectivity index (χ0n) is 18.5. The number of aromatic nitrogens is 2. The number of nitrogens with one attached hydrogen (secondary N) is 1. The van der Waals surface area contributed by atoms with E-state index in [1.165, 1.54) is 6.20 Å². The standard InChI is InChI=1S/C25H27ClN4O3/c1-2-22(21-10-3-4-11-23(21)33-17-24(31)29-12-5-6-13-29)28-25(32)18-15-27-30(16-18)20-9-7-8-19(26)14-20/h3-4,7-11,14-16,22H,2,5-6,12-13,17H2,1H3,(H,28,32). The number of hydrogen-bond acceptors (Lipinski definition) is 4. The van der Waals surface area contributed by atoms with Crippen molar-refractivity contribution >= 4 is 23.4 Å². The second-order valence-electron chi connectivity index (χ2n) is 8.00. The Morgan fingerprint density at radius 3 is 2.70 bits per heavy atom. The summed E-state index contributed by atoms with van der Waals surface area (Å²) in [6, 6.07) is 14.5. The first-order chi connectivity index (χ1) is 16.0. The molecule has 1 saturated heterocycles. The monoisotopic (exact) mass is 466 g/mol. The summed E-state index contributed by atoms with van der Waals surface area (Å²) < 4.78 is 7.50. The van der Waals surface area contributed by atoms with Crippen LogP contribution in [0.25, 0.3) is 5.69 Å². The van der Waals surface area contributed by atoms with Crippen LogP contribution in [0.5, 0.6) is 5.75 Å². The van der Waals surface area contributed by atoms with E-state index in [-0.39, 0.29) is 24.5 Å². The topological polar surface area (TPSA) is 76.5 Å². The molecule has 1 N–H and O–H groups in total. The number of amides is 2. The van der Waals surface area contributed by atoms with E-state index in [9.17, 15) is 9.59 Å². The molecule has 0 radical (unpaired) electrons. The number of hydrogen-bond donors (Lipinski definition) is 1. The Hall–Kier alpha value is -3.32. The van der Waals surface area contributed by atoms with E-state index in [2.05, 4.69) is 10.4 Å². The highest BCUT2D eigenvalue weighted by atomic mass is 35.5. The lowest BCUT2D eigenvalue weighted by atomic mass is 10.0.